The van der Waals surface area contributed by atoms with Crippen LogP contribution in [0.15, 0.2) is 9.98 Å². The zero-order valence-electron chi connectivity index (χ0n) is 26.9. The summed E-state index contributed by atoms with van der Waals surface area (Å²) in [6, 6.07) is 0. The first-order valence-electron chi connectivity index (χ1n) is 16.9. The molecule has 3 N–H and O–H groups in total. The molecule has 2 aliphatic heterocycles. The van der Waals surface area contributed by atoms with Crippen LogP contribution < -0.4 is 0 Å². The first-order valence-corrected chi connectivity index (χ1v) is 16.9. The summed E-state index contributed by atoms with van der Waals surface area (Å²) < 4.78 is 24.1. The van der Waals surface area contributed by atoms with Gasteiger partial charge in [0.15, 0.2) is 12.6 Å². The quantitative estimate of drug-likeness (QED) is 0.107. The van der Waals surface area contributed by atoms with Crippen LogP contribution in [0.2, 0.25) is 0 Å². The topological polar surface area (TPSA) is 122 Å². The standard InChI is InChI=1S/C33H62N2O7/c1-5-29-22-27(4)39-32(40-29)14-8-12-18-34-16-10-6-7-11-17-35-19-13-9-15-33-41-30(21-26(3)37)24-31(42-33)23-28(38)20-25(2)36/h16-17,25-33,36-38H,5-15,18-24H2,1-4H3/b34-16+,35-17+. The molecule has 0 aliphatic carbocycles. The second kappa shape index (κ2) is 22.6. The van der Waals surface area contributed by atoms with Crippen LogP contribution in [0, 0.1) is 0 Å². The summed E-state index contributed by atoms with van der Waals surface area (Å²) in [7, 11) is 0. The molecule has 9 unspecified atom stereocenters. The Bertz CT molecular complexity index is 719. The molecule has 9 heteroatoms. The molecule has 2 saturated heterocycles. The number of hydrogen-bond acceptors (Lipinski definition) is 9. The molecule has 0 aromatic rings. The highest BCUT2D eigenvalue weighted by molar-refractivity contribution is 5.58. The fourth-order valence-electron chi connectivity index (χ4n) is 5.73. The van der Waals surface area contributed by atoms with Crippen molar-refractivity contribution in [3.63, 3.8) is 0 Å². The van der Waals surface area contributed by atoms with E-state index < -0.39 is 18.3 Å². The van der Waals surface area contributed by atoms with Crippen LogP contribution in [0.4, 0.5) is 0 Å². The van der Waals surface area contributed by atoms with E-state index in [0.29, 0.717) is 37.9 Å². The molecule has 2 rings (SSSR count). The predicted octanol–water partition coefficient (Wildman–Crippen LogP) is 5.75. The molecule has 9 nitrogen and oxygen atoms in total. The Morgan fingerprint density at radius 2 is 1.24 bits per heavy atom. The minimum Gasteiger partial charge on any atom is -0.393 e. The summed E-state index contributed by atoms with van der Waals surface area (Å²) in [4.78, 5) is 9.12. The van der Waals surface area contributed by atoms with Gasteiger partial charge in [-0.05, 0) is 130 Å². The van der Waals surface area contributed by atoms with Gasteiger partial charge in [0.2, 0.25) is 0 Å². The van der Waals surface area contributed by atoms with Gasteiger partial charge in [-0.15, -0.1) is 0 Å². The monoisotopic (exact) mass is 598 g/mol. The molecule has 246 valence electrons. The average Bonchev–Trinajstić information content (AvgIpc) is 2.91. The Kier molecular flexibility index (Phi) is 20.0. The van der Waals surface area contributed by atoms with Gasteiger partial charge < -0.3 is 34.3 Å². The van der Waals surface area contributed by atoms with Gasteiger partial charge in [-0.2, -0.15) is 0 Å². The molecule has 0 aromatic heterocycles. The minimum absolute atomic E-state index is 0.0422. The number of aliphatic imine (C=N–C) groups is 2. The van der Waals surface area contributed by atoms with Gasteiger partial charge >= 0.3 is 0 Å². The number of aliphatic hydroxyl groups is 3. The first-order chi connectivity index (χ1) is 20.2. The van der Waals surface area contributed by atoms with Gasteiger partial charge in [0.25, 0.3) is 0 Å². The number of unbranched alkanes of at least 4 members (excludes halogenated alkanes) is 5. The van der Waals surface area contributed by atoms with E-state index in [4.69, 9.17) is 18.9 Å². The van der Waals surface area contributed by atoms with Crippen molar-refractivity contribution in [1.82, 2.24) is 0 Å². The largest absolute Gasteiger partial charge is 0.393 e. The van der Waals surface area contributed by atoms with E-state index in [9.17, 15) is 15.3 Å². The second-order valence-corrected chi connectivity index (χ2v) is 12.5. The molecule has 2 heterocycles. The maximum absolute atomic E-state index is 10.2. The smallest absolute Gasteiger partial charge is 0.158 e. The highest BCUT2D eigenvalue weighted by Crippen LogP contribution is 2.28. The third-order valence-electron chi connectivity index (χ3n) is 7.87. The fourth-order valence-corrected chi connectivity index (χ4v) is 5.73. The highest BCUT2D eigenvalue weighted by Gasteiger charge is 2.32. The molecule has 42 heavy (non-hydrogen) atoms. The van der Waals surface area contributed by atoms with E-state index in [0.717, 1.165) is 90.1 Å². The van der Waals surface area contributed by atoms with Gasteiger partial charge in [-0.3, -0.25) is 9.98 Å². The Balaban J connectivity index is 1.46. The Morgan fingerprint density at radius 3 is 1.79 bits per heavy atom. The molecule has 0 spiro atoms. The van der Waals surface area contributed by atoms with E-state index in [1.54, 1.807) is 13.8 Å². The van der Waals surface area contributed by atoms with Crippen molar-refractivity contribution in [1.29, 1.82) is 0 Å². The van der Waals surface area contributed by atoms with Gasteiger partial charge in [-0.1, -0.05) is 6.92 Å². The van der Waals surface area contributed by atoms with E-state index in [1.165, 1.54) is 0 Å². The van der Waals surface area contributed by atoms with Crippen LogP contribution in [-0.4, -0.2) is 96.1 Å². The Labute approximate surface area is 255 Å². The highest BCUT2D eigenvalue weighted by atomic mass is 16.7. The maximum Gasteiger partial charge on any atom is 0.158 e. The fraction of sp³-hybridized carbons (Fsp3) is 0.939. The summed E-state index contributed by atoms with van der Waals surface area (Å²) in [6.45, 7) is 9.45. The molecule has 0 amide bonds. The van der Waals surface area contributed by atoms with E-state index in [2.05, 4.69) is 30.0 Å². The molecule has 0 bridgehead atoms. The minimum atomic E-state index is -0.604. The normalized spacial score (nSPS) is 29.3. The number of aliphatic hydroxyl groups excluding tert-OH is 3. The lowest BCUT2D eigenvalue weighted by atomic mass is 9.98. The summed E-state index contributed by atoms with van der Waals surface area (Å²) in [5.41, 5.74) is 0. The van der Waals surface area contributed by atoms with Crippen LogP contribution in [0.5, 0.6) is 0 Å². The van der Waals surface area contributed by atoms with Gasteiger partial charge in [0, 0.05) is 19.5 Å². The number of ether oxygens (including phenoxy) is 4. The first kappa shape index (κ1) is 37.2. The number of hydrogen-bond donors (Lipinski definition) is 3. The van der Waals surface area contributed by atoms with Crippen molar-refractivity contribution >= 4 is 12.4 Å². The second-order valence-electron chi connectivity index (χ2n) is 12.5. The molecule has 0 radical (unpaired) electrons. The molecule has 2 fully saturated rings. The van der Waals surface area contributed by atoms with Crippen LogP contribution in [0.3, 0.4) is 0 Å². The average molecular weight is 599 g/mol. The lowest BCUT2D eigenvalue weighted by molar-refractivity contribution is -0.253. The van der Waals surface area contributed by atoms with Crippen molar-refractivity contribution in [2.75, 3.05) is 13.1 Å². The maximum atomic E-state index is 10.2. The van der Waals surface area contributed by atoms with E-state index in [-0.39, 0.29) is 24.8 Å². The summed E-state index contributed by atoms with van der Waals surface area (Å²) in [5.74, 6) is 0. The van der Waals surface area contributed by atoms with Crippen LogP contribution >= 0.6 is 0 Å². The summed E-state index contributed by atoms with van der Waals surface area (Å²) in [6.07, 6.45) is 16.8. The zero-order chi connectivity index (χ0) is 30.6. The lowest BCUT2D eigenvalue weighted by Gasteiger charge is -2.37. The van der Waals surface area contributed by atoms with E-state index in [1.807, 2.05) is 6.21 Å². The van der Waals surface area contributed by atoms with Crippen LogP contribution in [-0.2, 0) is 18.9 Å². The van der Waals surface area contributed by atoms with Crippen LogP contribution in [0.1, 0.15) is 130 Å². The van der Waals surface area contributed by atoms with Crippen molar-refractivity contribution in [2.24, 2.45) is 9.98 Å². The molecule has 2 aliphatic rings. The van der Waals surface area contributed by atoms with Crippen molar-refractivity contribution < 1.29 is 34.3 Å². The predicted molar refractivity (Wildman–Crippen MR) is 168 cm³/mol. The van der Waals surface area contributed by atoms with E-state index >= 15 is 0 Å². The number of nitrogens with zero attached hydrogens (tertiary/aromatic N) is 2. The zero-order valence-corrected chi connectivity index (χ0v) is 26.9. The van der Waals surface area contributed by atoms with Crippen molar-refractivity contribution in [3.05, 3.63) is 0 Å². The third kappa shape index (κ3) is 18.0. The SMILES string of the molecule is CCC1CC(C)OC(CCCC/N=C/CCCC/C=N/CCCCC2OC(CC(C)O)CC(CC(O)CC(C)O)O2)O1. The summed E-state index contributed by atoms with van der Waals surface area (Å²) >= 11 is 0. The molecule has 0 saturated carbocycles. The van der Waals surface area contributed by atoms with Crippen molar-refractivity contribution in [2.45, 2.75) is 186 Å². The Morgan fingerprint density at radius 1 is 0.690 bits per heavy atom. The molecular formula is C33H62N2O7. The Hall–Kier alpha value is -0.940. The third-order valence-corrected chi connectivity index (χ3v) is 7.87. The molecule has 0 aromatic carbocycles. The molecular weight excluding hydrogens is 536 g/mol. The van der Waals surface area contributed by atoms with Gasteiger partial charge in [0.1, 0.15) is 0 Å². The lowest BCUT2D eigenvalue weighted by Crippen LogP contribution is -2.41. The summed E-state index contributed by atoms with van der Waals surface area (Å²) in [5, 5.41) is 29.6. The van der Waals surface area contributed by atoms with Gasteiger partial charge in [-0.25, -0.2) is 0 Å². The molecule has 9 atom stereocenters. The number of rotatable bonds is 22. The van der Waals surface area contributed by atoms with Crippen LogP contribution in [0.25, 0.3) is 0 Å². The van der Waals surface area contributed by atoms with Gasteiger partial charge in [0.05, 0.1) is 42.7 Å². The van der Waals surface area contributed by atoms with Crippen molar-refractivity contribution in [3.8, 4) is 0 Å².